The first kappa shape index (κ1) is 26.7. The molecule has 0 heterocycles. The Labute approximate surface area is 201 Å². The number of hydrogen-bond donors (Lipinski definition) is 1. The minimum atomic E-state index is -3.80. The van der Waals surface area contributed by atoms with Crippen LogP contribution in [0.5, 0.6) is 0 Å². The molecule has 0 radical (unpaired) electrons. The number of carbonyl (C=O) groups excluding carboxylic acids is 2. The number of carbonyl (C=O) groups is 2. The highest BCUT2D eigenvalue weighted by Gasteiger charge is 2.32. The number of nitrogens with one attached hydrogen (secondary N) is 1. The molecule has 0 fully saturated rings. The second-order valence-electron chi connectivity index (χ2n) is 7.98. The van der Waals surface area contributed by atoms with Gasteiger partial charge in [0, 0.05) is 18.1 Å². The van der Waals surface area contributed by atoms with Gasteiger partial charge in [-0.25, -0.2) is 8.42 Å². The fourth-order valence-electron chi connectivity index (χ4n) is 3.68. The summed E-state index contributed by atoms with van der Waals surface area (Å²) in [5.74, 6) is -0.745. The van der Waals surface area contributed by atoms with Crippen molar-refractivity contribution in [2.75, 3.05) is 23.7 Å². The molecule has 7 nitrogen and oxygen atoms in total. The zero-order valence-electron chi connectivity index (χ0n) is 19.8. The molecule has 2 rings (SSSR count). The maximum absolute atomic E-state index is 13.6. The van der Waals surface area contributed by atoms with Gasteiger partial charge < -0.3 is 10.2 Å². The zero-order valence-corrected chi connectivity index (χ0v) is 21.3. The molecule has 0 saturated heterocycles. The maximum Gasteiger partial charge on any atom is 0.244 e. The zero-order chi connectivity index (χ0) is 24.8. The van der Waals surface area contributed by atoms with E-state index in [1.54, 1.807) is 25.1 Å². The lowest BCUT2D eigenvalue weighted by atomic mass is 10.1. The van der Waals surface area contributed by atoms with Crippen LogP contribution in [0.1, 0.15) is 37.0 Å². The van der Waals surface area contributed by atoms with Crippen LogP contribution < -0.4 is 9.62 Å². The molecule has 1 atom stereocenters. The third-order valence-electron chi connectivity index (χ3n) is 5.36. The Morgan fingerprint density at radius 3 is 2.33 bits per heavy atom. The van der Waals surface area contributed by atoms with Crippen LogP contribution in [0.3, 0.4) is 0 Å². The Kier molecular flexibility index (Phi) is 9.31. The lowest BCUT2D eigenvalue weighted by Gasteiger charge is -2.33. The average molecular weight is 494 g/mol. The van der Waals surface area contributed by atoms with Gasteiger partial charge in [0.05, 0.1) is 11.9 Å². The third-order valence-corrected chi connectivity index (χ3v) is 6.90. The van der Waals surface area contributed by atoms with Gasteiger partial charge in [0.15, 0.2) is 0 Å². The number of hydrogen-bond acceptors (Lipinski definition) is 4. The van der Waals surface area contributed by atoms with E-state index < -0.39 is 28.5 Å². The van der Waals surface area contributed by atoms with E-state index in [0.717, 1.165) is 21.7 Å². The van der Waals surface area contributed by atoms with Crippen molar-refractivity contribution in [2.24, 2.45) is 0 Å². The molecule has 0 aliphatic carbocycles. The summed E-state index contributed by atoms with van der Waals surface area (Å²) in [5.41, 5.74) is 2.77. The number of benzene rings is 2. The van der Waals surface area contributed by atoms with Crippen molar-refractivity contribution in [3.05, 3.63) is 64.2 Å². The van der Waals surface area contributed by atoms with Crippen molar-refractivity contribution in [2.45, 2.75) is 46.7 Å². The van der Waals surface area contributed by atoms with Crippen LogP contribution in [0, 0.1) is 13.8 Å². The quantitative estimate of drug-likeness (QED) is 0.547. The van der Waals surface area contributed by atoms with E-state index in [4.69, 9.17) is 11.6 Å². The monoisotopic (exact) mass is 493 g/mol. The fourth-order valence-corrected chi connectivity index (χ4v) is 4.75. The van der Waals surface area contributed by atoms with Crippen LogP contribution in [-0.2, 0) is 26.2 Å². The standard InChI is InChI=1S/C24H32ClN3O4S/c1-6-21(24(30)26-7-2)27(15-19-11-8-10-17(3)14-19)23(29)16-28(33(5,31)32)22-13-9-12-20(25)18(22)4/h8-14,21H,6-7,15-16H2,1-5H3,(H,26,30)/t21-/m1/s1. The Morgan fingerprint density at radius 1 is 1.09 bits per heavy atom. The molecular weight excluding hydrogens is 462 g/mol. The summed E-state index contributed by atoms with van der Waals surface area (Å²) in [6.45, 7) is 7.46. The molecule has 0 bridgehead atoms. The first-order valence-electron chi connectivity index (χ1n) is 10.8. The molecule has 0 saturated carbocycles. The van der Waals surface area contributed by atoms with Gasteiger partial charge in [0.2, 0.25) is 21.8 Å². The topological polar surface area (TPSA) is 86.8 Å². The Bertz CT molecular complexity index is 1100. The summed E-state index contributed by atoms with van der Waals surface area (Å²) in [5, 5.41) is 3.18. The van der Waals surface area contributed by atoms with E-state index in [2.05, 4.69) is 5.32 Å². The largest absolute Gasteiger partial charge is 0.355 e. The molecule has 2 amide bonds. The van der Waals surface area contributed by atoms with Crippen LogP contribution in [0.2, 0.25) is 5.02 Å². The summed E-state index contributed by atoms with van der Waals surface area (Å²) in [6.07, 6.45) is 1.44. The number of sulfonamides is 1. The smallest absolute Gasteiger partial charge is 0.244 e. The molecular formula is C24H32ClN3O4S. The summed E-state index contributed by atoms with van der Waals surface area (Å²) >= 11 is 6.21. The van der Waals surface area contributed by atoms with Crippen molar-refractivity contribution in [3.63, 3.8) is 0 Å². The van der Waals surface area contributed by atoms with E-state index >= 15 is 0 Å². The van der Waals surface area contributed by atoms with Gasteiger partial charge in [0.25, 0.3) is 0 Å². The summed E-state index contributed by atoms with van der Waals surface area (Å²) in [6, 6.07) is 11.8. The maximum atomic E-state index is 13.6. The Balaban J connectivity index is 2.48. The van der Waals surface area contributed by atoms with Crippen molar-refractivity contribution in [3.8, 4) is 0 Å². The highest BCUT2D eigenvalue weighted by atomic mass is 35.5. The molecule has 33 heavy (non-hydrogen) atoms. The number of likely N-dealkylation sites (N-methyl/N-ethyl adjacent to an activating group) is 1. The van der Waals surface area contributed by atoms with Crippen molar-refractivity contribution in [1.82, 2.24) is 10.2 Å². The molecule has 0 spiro atoms. The van der Waals surface area contributed by atoms with Gasteiger partial charge in [-0.15, -0.1) is 0 Å². The fraction of sp³-hybridized carbons (Fsp3) is 0.417. The first-order valence-corrected chi connectivity index (χ1v) is 13.1. The van der Waals surface area contributed by atoms with Gasteiger partial charge in [-0.05, 0) is 50.5 Å². The Morgan fingerprint density at radius 2 is 1.76 bits per heavy atom. The number of aryl methyl sites for hydroxylation is 1. The number of rotatable bonds is 10. The SMILES string of the molecule is CCNC(=O)[C@@H](CC)N(Cc1cccc(C)c1)C(=O)CN(c1cccc(Cl)c1C)S(C)(=O)=O. The lowest BCUT2D eigenvalue weighted by molar-refractivity contribution is -0.140. The van der Waals surface area contributed by atoms with Crippen LogP contribution in [-0.4, -0.2) is 50.5 Å². The van der Waals surface area contributed by atoms with E-state index in [-0.39, 0.29) is 12.5 Å². The van der Waals surface area contributed by atoms with E-state index in [1.807, 2.05) is 45.0 Å². The highest BCUT2D eigenvalue weighted by Crippen LogP contribution is 2.28. The van der Waals surface area contributed by atoms with Crippen LogP contribution in [0.25, 0.3) is 0 Å². The average Bonchev–Trinajstić information content (AvgIpc) is 2.73. The van der Waals surface area contributed by atoms with Gasteiger partial charge in [0.1, 0.15) is 12.6 Å². The predicted molar refractivity (Wildman–Crippen MR) is 133 cm³/mol. The van der Waals surface area contributed by atoms with Crippen LogP contribution in [0.4, 0.5) is 5.69 Å². The second kappa shape index (κ2) is 11.5. The van der Waals surface area contributed by atoms with Gasteiger partial charge in [-0.1, -0.05) is 54.4 Å². The minimum absolute atomic E-state index is 0.183. The first-order chi connectivity index (χ1) is 15.5. The molecule has 2 aromatic rings. The molecule has 9 heteroatoms. The predicted octanol–water partition coefficient (Wildman–Crippen LogP) is 3.67. The normalized spacial score (nSPS) is 12.2. The minimum Gasteiger partial charge on any atom is -0.355 e. The summed E-state index contributed by atoms with van der Waals surface area (Å²) in [7, 11) is -3.80. The molecule has 0 aliphatic rings. The molecule has 0 aliphatic heterocycles. The number of halogens is 1. The number of amides is 2. The summed E-state index contributed by atoms with van der Waals surface area (Å²) in [4.78, 5) is 27.8. The Hall–Kier alpha value is -2.58. The van der Waals surface area contributed by atoms with Crippen LogP contribution in [0.15, 0.2) is 42.5 Å². The highest BCUT2D eigenvalue weighted by molar-refractivity contribution is 7.92. The summed E-state index contributed by atoms with van der Waals surface area (Å²) < 4.78 is 26.4. The third kappa shape index (κ3) is 6.95. The van der Waals surface area contributed by atoms with Gasteiger partial charge >= 0.3 is 0 Å². The van der Waals surface area contributed by atoms with E-state index in [9.17, 15) is 18.0 Å². The molecule has 1 N–H and O–H groups in total. The van der Waals surface area contributed by atoms with Crippen molar-refractivity contribution in [1.29, 1.82) is 0 Å². The van der Waals surface area contributed by atoms with Crippen molar-refractivity contribution >= 4 is 39.1 Å². The van der Waals surface area contributed by atoms with Gasteiger partial charge in [-0.2, -0.15) is 0 Å². The van der Waals surface area contributed by atoms with E-state index in [1.165, 1.54) is 4.90 Å². The number of anilines is 1. The van der Waals surface area contributed by atoms with Gasteiger partial charge in [-0.3, -0.25) is 13.9 Å². The van der Waals surface area contributed by atoms with Crippen molar-refractivity contribution < 1.29 is 18.0 Å². The second-order valence-corrected chi connectivity index (χ2v) is 10.3. The number of nitrogens with zero attached hydrogens (tertiary/aromatic N) is 2. The molecule has 2 aromatic carbocycles. The van der Waals surface area contributed by atoms with E-state index in [0.29, 0.717) is 29.2 Å². The van der Waals surface area contributed by atoms with Crippen LogP contribution >= 0.6 is 11.6 Å². The molecule has 0 unspecified atom stereocenters. The lowest BCUT2D eigenvalue weighted by Crippen LogP contribution is -2.52. The molecule has 0 aromatic heterocycles. The molecule has 180 valence electrons.